The second-order valence-corrected chi connectivity index (χ2v) is 7.87. The average molecular weight is 412 g/mol. The van der Waals surface area contributed by atoms with Crippen molar-refractivity contribution in [1.82, 2.24) is 14.5 Å². The number of nitrogens with one attached hydrogen (secondary N) is 1. The molecule has 1 amide bonds. The van der Waals surface area contributed by atoms with Crippen molar-refractivity contribution in [1.29, 1.82) is 0 Å². The van der Waals surface area contributed by atoms with Crippen molar-refractivity contribution in [2.75, 3.05) is 23.3 Å². The van der Waals surface area contributed by atoms with Gasteiger partial charge in [-0.1, -0.05) is 30.3 Å². The minimum Gasteiger partial charge on any atom is -0.370 e. The van der Waals surface area contributed by atoms with Gasteiger partial charge in [-0.2, -0.15) is 0 Å². The molecule has 0 saturated carbocycles. The van der Waals surface area contributed by atoms with E-state index in [1.54, 1.807) is 6.20 Å². The van der Waals surface area contributed by atoms with Gasteiger partial charge in [0.1, 0.15) is 11.6 Å². The lowest BCUT2D eigenvalue weighted by atomic mass is 10.2. The van der Waals surface area contributed by atoms with Gasteiger partial charge in [0.05, 0.1) is 16.6 Å². The minimum absolute atomic E-state index is 0.00542. The Morgan fingerprint density at radius 2 is 1.90 bits per heavy atom. The number of hydrogen-bond acceptors (Lipinski definition) is 4. The maximum absolute atomic E-state index is 12.9. The van der Waals surface area contributed by atoms with Gasteiger partial charge in [-0.25, -0.2) is 9.97 Å². The maximum atomic E-state index is 12.9. The Morgan fingerprint density at radius 1 is 1.06 bits per heavy atom. The van der Waals surface area contributed by atoms with Gasteiger partial charge >= 0.3 is 0 Å². The fourth-order valence-electron chi connectivity index (χ4n) is 4.21. The summed E-state index contributed by atoms with van der Waals surface area (Å²) in [5, 5.41) is 3.35. The summed E-state index contributed by atoms with van der Waals surface area (Å²) in [7, 11) is 2.06. The van der Waals surface area contributed by atoms with Crippen LogP contribution in [0.5, 0.6) is 0 Å². The largest absolute Gasteiger partial charge is 0.370 e. The molecule has 0 atom stereocenters. The first-order valence-electron chi connectivity index (χ1n) is 10.7. The van der Waals surface area contributed by atoms with Crippen LogP contribution in [-0.2, 0) is 19.9 Å². The summed E-state index contributed by atoms with van der Waals surface area (Å²) in [4.78, 5) is 23.9. The zero-order valence-corrected chi connectivity index (χ0v) is 17.6. The number of carbonyl (C=O) groups is 1. The van der Waals surface area contributed by atoms with Gasteiger partial charge in [0, 0.05) is 38.4 Å². The summed E-state index contributed by atoms with van der Waals surface area (Å²) in [6.07, 6.45) is 4.41. The van der Waals surface area contributed by atoms with Crippen molar-refractivity contribution in [2.24, 2.45) is 7.05 Å². The van der Waals surface area contributed by atoms with Gasteiger partial charge in [-0.3, -0.25) is 4.79 Å². The molecular formula is C25H25N5O. The van der Waals surface area contributed by atoms with E-state index < -0.39 is 0 Å². The van der Waals surface area contributed by atoms with E-state index in [2.05, 4.69) is 34.0 Å². The lowest BCUT2D eigenvalue weighted by Gasteiger charge is -2.17. The van der Waals surface area contributed by atoms with E-state index in [9.17, 15) is 4.79 Å². The molecule has 0 fully saturated rings. The molecule has 3 heterocycles. The molecular weight excluding hydrogens is 386 g/mol. The van der Waals surface area contributed by atoms with Crippen molar-refractivity contribution < 1.29 is 4.79 Å². The quantitative estimate of drug-likeness (QED) is 0.483. The molecule has 0 spiro atoms. The lowest BCUT2D eigenvalue weighted by molar-refractivity contribution is 0.0989. The number of carbonyl (C=O) groups excluding carboxylic acids is 1. The topological polar surface area (TPSA) is 63.1 Å². The van der Waals surface area contributed by atoms with Crippen LogP contribution in [0, 0.1) is 0 Å². The Kier molecular flexibility index (Phi) is 5.12. The number of hydrogen-bond donors (Lipinski definition) is 1. The third-order valence-corrected chi connectivity index (χ3v) is 5.91. The summed E-state index contributed by atoms with van der Waals surface area (Å²) in [6, 6.07) is 20.0. The zero-order valence-electron chi connectivity index (χ0n) is 17.6. The maximum Gasteiger partial charge on any atom is 0.259 e. The van der Waals surface area contributed by atoms with Crippen LogP contribution in [0.2, 0.25) is 0 Å². The van der Waals surface area contributed by atoms with Gasteiger partial charge in [-0.05, 0) is 48.7 Å². The zero-order chi connectivity index (χ0) is 21.2. The lowest BCUT2D eigenvalue weighted by Crippen LogP contribution is -2.28. The van der Waals surface area contributed by atoms with E-state index in [4.69, 9.17) is 4.98 Å². The molecule has 0 bridgehead atoms. The van der Waals surface area contributed by atoms with E-state index in [1.807, 2.05) is 53.4 Å². The summed E-state index contributed by atoms with van der Waals surface area (Å²) < 4.78 is 2.16. The molecule has 4 aromatic rings. The number of para-hydroxylation sites is 3. The monoisotopic (exact) mass is 411 g/mol. The fourth-order valence-corrected chi connectivity index (χ4v) is 4.21. The molecule has 1 N–H and O–H groups in total. The molecule has 0 saturated heterocycles. The number of anilines is 2. The minimum atomic E-state index is 0.00542. The smallest absolute Gasteiger partial charge is 0.259 e. The van der Waals surface area contributed by atoms with Crippen LogP contribution in [0.4, 0.5) is 11.5 Å². The first-order valence-corrected chi connectivity index (χ1v) is 10.7. The highest BCUT2D eigenvalue weighted by atomic mass is 16.2. The molecule has 6 nitrogen and oxygen atoms in total. The fraction of sp³-hybridized carbons (Fsp3) is 0.240. The van der Waals surface area contributed by atoms with Crippen LogP contribution in [0.3, 0.4) is 0 Å². The van der Waals surface area contributed by atoms with Crippen LogP contribution in [-0.4, -0.2) is 33.5 Å². The van der Waals surface area contributed by atoms with Crippen LogP contribution < -0.4 is 10.2 Å². The molecule has 2 aromatic heterocycles. The third kappa shape index (κ3) is 3.77. The number of aryl methyl sites for hydroxylation is 2. The van der Waals surface area contributed by atoms with Crippen molar-refractivity contribution in [3.05, 3.63) is 83.8 Å². The number of pyridine rings is 1. The van der Waals surface area contributed by atoms with Crippen LogP contribution in [0.1, 0.15) is 28.2 Å². The second kappa shape index (κ2) is 8.22. The number of amides is 1. The van der Waals surface area contributed by atoms with Gasteiger partial charge in [0.15, 0.2) is 0 Å². The molecule has 0 unspecified atom stereocenters. The Labute approximate surface area is 181 Å². The summed E-state index contributed by atoms with van der Waals surface area (Å²) in [6.45, 7) is 1.52. The first kappa shape index (κ1) is 19.3. The summed E-state index contributed by atoms with van der Waals surface area (Å²) >= 11 is 0. The van der Waals surface area contributed by atoms with Gasteiger partial charge < -0.3 is 14.8 Å². The van der Waals surface area contributed by atoms with Crippen LogP contribution in [0.25, 0.3) is 11.0 Å². The number of benzene rings is 2. The molecule has 0 aliphatic carbocycles. The highest BCUT2D eigenvalue weighted by Gasteiger charge is 2.25. The van der Waals surface area contributed by atoms with Crippen LogP contribution in [0.15, 0.2) is 66.9 Å². The van der Waals surface area contributed by atoms with Gasteiger partial charge in [0.2, 0.25) is 0 Å². The van der Waals surface area contributed by atoms with Crippen molar-refractivity contribution in [2.45, 2.75) is 19.3 Å². The van der Waals surface area contributed by atoms with Gasteiger partial charge in [-0.15, -0.1) is 0 Å². The molecule has 6 heteroatoms. The van der Waals surface area contributed by atoms with E-state index in [0.29, 0.717) is 5.56 Å². The molecule has 31 heavy (non-hydrogen) atoms. The predicted octanol–water partition coefficient (Wildman–Crippen LogP) is 4.22. The Hall–Kier alpha value is -3.67. The molecule has 1 aliphatic heterocycles. The molecule has 0 radical (unpaired) electrons. The second-order valence-electron chi connectivity index (χ2n) is 7.87. The Morgan fingerprint density at radius 3 is 2.74 bits per heavy atom. The molecule has 1 aliphatic rings. The van der Waals surface area contributed by atoms with E-state index in [1.165, 1.54) is 5.56 Å². The van der Waals surface area contributed by atoms with E-state index in [0.717, 1.165) is 60.7 Å². The predicted molar refractivity (Wildman–Crippen MR) is 124 cm³/mol. The van der Waals surface area contributed by atoms with Crippen molar-refractivity contribution in [3.63, 3.8) is 0 Å². The number of fused-ring (bicyclic) bond motifs is 2. The van der Waals surface area contributed by atoms with Crippen molar-refractivity contribution >= 4 is 28.4 Å². The summed E-state index contributed by atoms with van der Waals surface area (Å²) in [5.74, 6) is 1.87. The van der Waals surface area contributed by atoms with Gasteiger partial charge in [0.25, 0.3) is 5.91 Å². The number of aromatic nitrogens is 3. The standard InChI is InChI=1S/C25H25N5O/c1-29-22-10-5-3-8-20(22)28-24(29)11-6-15-26-23-13-12-19(17-27-23)25(31)30-16-14-18-7-2-4-9-21(18)30/h2-5,7-10,12-13,17H,6,11,14-16H2,1H3,(H,26,27). The first-order chi connectivity index (χ1) is 15.2. The highest BCUT2D eigenvalue weighted by Crippen LogP contribution is 2.28. The Bertz CT molecular complexity index is 1230. The average Bonchev–Trinajstić information content (AvgIpc) is 3.38. The highest BCUT2D eigenvalue weighted by molar-refractivity contribution is 6.07. The van der Waals surface area contributed by atoms with Crippen molar-refractivity contribution in [3.8, 4) is 0 Å². The SMILES string of the molecule is Cn1c(CCCNc2ccc(C(=O)N3CCc4ccccc43)cn2)nc2ccccc21. The van der Waals surface area contributed by atoms with E-state index >= 15 is 0 Å². The number of rotatable bonds is 6. The number of nitrogens with zero attached hydrogens (tertiary/aromatic N) is 4. The molecule has 2 aromatic carbocycles. The molecule has 5 rings (SSSR count). The number of imidazole rings is 1. The molecule has 156 valence electrons. The van der Waals surface area contributed by atoms with Crippen LogP contribution >= 0.6 is 0 Å². The Balaban J connectivity index is 1.16. The normalized spacial score (nSPS) is 12.9. The summed E-state index contributed by atoms with van der Waals surface area (Å²) in [5.41, 5.74) is 5.05. The van der Waals surface area contributed by atoms with E-state index in [-0.39, 0.29) is 5.91 Å². The third-order valence-electron chi connectivity index (χ3n) is 5.91.